The normalized spacial score (nSPS) is 23.3. The van der Waals surface area contributed by atoms with Crippen LogP contribution in [0.5, 0.6) is 0 Å². The summed E-state index contributed by atoms with van der Waals surface area (Å²) in [5, 5.41) is 0. The molecule has 6 heteroatoms. The lowest BCUT2D eigenvalue weighted by Crippen LogP contribution is -2.42. The third-order valence-corrected chi connectivity index (χ3v) is 7.04. The fourth-order valence-electron chi connectivity index (χ4n) is 4.57. The van der Waals surface area contributed by atoms with Crippen molar-refractivity contribution >= 4 is 40.9 Å². The molecule has 0 unspecified atom stereocenters. The number of amides is 3. The zero-order valence-corrected chi connectivity index (χ0v) is 16.2. The van der Waals surface area contributed by atoms with Gasteiger partial charge in [0.05, 0.1) is 23.2 Å². The Bertz CT molecular complexity index is 920. The Morgan fingerprint density at radius 2 is 1.36 bits per heavy atom. The number of benzene rings is 2. The van der Waals surface area contributed by atoms with Gasteiger partial charge in [0.2, 0.25) is 11.8 Å². The van der Waals surface area contributed by atoms with E-state index in [-0.39, 0.29) is 36.1 Å². The molecule has 0 N–H and O–H groups in total. The minimum atomic E-state index is -0.249. The van der Waals surface area contributed by atoms with E-state index in [0.29, 0.717) is 0 Å². The van der Waals surface area contributed by atoms with Crippen LogP contribution in [0.2, 0.25) is 0 Å². The first-order valence-electron chi connectivity index (χ1n) is 9.69. The Kier molecular flexibility index (Phi) is 4.23. The molecule has 3 aliphatic rings. The second-order valence-electron chi connectivity index (χ2n) is 7.53. The van der Waals surface area contributed by atoms with E-state index in [1.165, 1.54) is 4.90 Å². The number of hydrogen-bond donors (Lipinski definition) is 0. The lowest BCUT2D eigenvalue weighted by molar-refractivity contribution is -0.143. The molecule has 2 aliphatic heterocycles. The van der Waals surface area contributed by atoms with Gasteiger partial charge in [0.1, 0.15) is 6.54 Å². The largest absolute Gasteiger partial charge is 0.277 e. The van der Waals surface area contributed by atoms with E-state index in [1.807, 2.05) is 48.5 Å². The highest BCUT2D eigenvalue weighted by Crippen LogP contribution is 2.48. The Labute approximate surface area is 167 Å². The van der Waals surface area contributed by atoms with Crippen molar-refractivity contribution in [2.45, 2.75) is 35.5 Å². The van der Waals surface area contributed by atoms with E-state index in [2.05, 4.69) is 0 Å². The van der Waals surface area contributed by atoms with Gasteiger partial charge in [0, 0.05) is 9.79 Å². The number of fused-ring (bicyclic) bond motifs is 3. The summed E-state index contributed by atoms with van der Waals surface area (Å²) in [6.07, 6.45) is 3.47. The first kappa shape index (κ1) is 17.5. The first-order chi connectivity index (χ1) is 13.6. The van der Waals surface area contributed by atoms with Crippen LogP contribution in [-0.4, -0.2) is 29.2 Å². The minimum absolute atomic E-state index is 0.170. The maximum atomic E-state index is 13.3. The summed E-state index contributed by atoms with van der Waals surface area (Å²) in [6, 6.07) is 15.5. The number of carbonyl (C=O) groups excluding carboxylic acids is 3. The zero-order valence-electron chi connectivity index (χ0n) is 15.3. The number of anilines is 2. The molecule has 5 rings (SSSR count). The molecule has 28 heavy (non-hydrogen) atoms. The molecule has 3 amide bonds. The number of carbonyl (C=O) groups is 3. The van der Waals surface area contributed by atoms with Crippen molar-refractivity contribution in [3.05, 3.63) is 48.5 Å². The highest BCUT2D eigenvalue weighted by molar-refractivity contribution is 7.99. The van der Waals surface area contributed by atoms with Crippen LogP contribution in [-0.2, 0) is 14.4 Å². The van der Waals surface area contributed by atoms with E-state index in [0.717, 1.165) is 46.8 Å². The van der Waals surface area contributed by atoms with Gasteiger partial charge in [-0.15, -0.1) is 0 Å². The predicted octanol–water partition coefficient (Wildman–Crippen LogP) is 3.99. The van der Waals surface area contributed by atoms with Crippen molar-refractivity contribution < 1.29 is 14.4 Å². The molecular formula is C22H20N2O3S. The molecule has 2 fully saturated rings. The highest BCUT2D eigenvalue weighted by atomic mass is 32.2. The van der Waals surface area contributed by atoms with Crippen molar-refractivity contribution in [2.75, 3.05) is 11.4 Å². The lowest BCUT2D eigenvalue weighted by Gasteiger charge is -2.32. The standard InChI is InChI=1S/C22H20N2O3S/c25-20(13-23-21(26)14-7-1-2-8-15(14)22(23)27)24-16-9-3-5-11-18(16)28-19-12-6-4-10-17(19)24/h3-6,9-12,14-15H,1-2,7-8,13H2/t14-,15-/m1/s1. The average molecular weight is 392 g/mol. The topological polar surface area (TPSA) is 57.7 Å². The Hall–Kier alpha value is -2.60. The quantitative estimate of drug-likeness (QED) is 0.725. The molecule has 2 atom stereocenters. The van der Waals surface area contributed by atoms with Crippen molar-refractivity contribution in [3.8, 4) is 0 Å². The molecule has 5 nitrogen and oxygen atoms in total. The second-order valence-corrected chi connectivity index (χ2v) is 8.61. The van der Waals surface area contributed by atoms with Gasteiger partial charge >= 0.3 is 0 Å². The molecule has 0 aromatic heterocycles. The number of hydrogen-bond acceptors (Lipinski definition) is 4. The molecular weight excluding hydrogens is 372 g/mol. The van der Waals surface area contributed by atoms with Gasteiger partial charge in [-0.25, -0.2) is 0 Å². The summed E-state index contributed by atoms with van der Waals surface area (Å²) in [5.41, 5.74) is 1.60. The molecule has 0 radical (unpaired) electrons. The SMILES string of the molecule is O=C1[C@@H]2CCCC[C@H]2C(=O)N1CC(=O)N1c2ccccc2Sc2ccccc21. The molecule has 2 heterocycles. The fraction of sp³-hybridized carbons (Fsp3) is 0.318. The summed E-state index contributed by atoms with van der Waals surface area (Å²) < 4.78 is 0. The van der Waals surface area contributed by atoms with Gasteiger partial charge < -0.3 is 0 Å². The van der Waals surface area contributed by atoms with Crippen LogP contribution in [0.25, 0.3) is 0 Å². The molecule has 2 aromatic rings. The van der Waals surface area contributed by atoms with Crippen LogP contribution in [0.4, 0.5) is 11.4 Å². The van der Waals surface area contributed by atoms with E-state index in [1.54, 1.807) is 16.7 Å². The number of nitrogens with zero attached hydrogens (tertiary/aromatic N) is 2. The van der Waals surface area contributed by atoms with Gasteiger partial charge in [-0.2, -0.15) is 0 Å². The summed E-state index contributed by atoms with van der Waals surface area (Å²) in [4.78, 5) is 43.8. The van der Waals surface area contributed by atoms with Crippen molar-refractivity contribution in [2.24, 2.45) is 11.8 Å². The maximum absolute atomic E-state index is 13.3. The van der Waals surface area contributed by atoms with Crippen LogP contribution in [0.15, 0.2) is 58.3 Å². The lowest BCUT2D eigenvalue weighted by atomic mass is 9.81. The highest BCUT2D eigenvalue weighted by Gasteiger charge is 2.49. The van der Waals surface area contributed by atoms with Crippen molar-refractivity contribution in [3.63, 3.8) is 0 Å². The Morgan fingerprint density at radius 1 is 0.857 bits per heavy atom. The minimum Gasteiger partial charge on any atom is -0.277 e. The first-order valence-corrected chi connectivity index (χ1v) is 10.5. The number of para-hydroxylation sites is 2. The molecule has 2 aromatic carbocycles. The van der Waals surface area contributed by atoms with E-state index in [4.69, 9.17) is 0 Å². The van der Waals surface area contributed by atoms with E-state index >= 15 is 0 Å². The van der Waals surface area contributed by atoms with Gasteiger partial charge in [0.15, 0.2) is 0 Å². The Balaban J connectivity index is 1.48. The summed E-state index contributed by atoms with van der Waals surface area (Å²) in [6.45, 7) is -0.196. The van der Waals surface area contributed by atoms with Crippen LogP contribution >= 0.6 is 11.8 Å². The number of likely N-dealkylation sites (tertiary alicyclic amines) is 1. The van der Waals surface area contributed by atoms with Gasteiger partial charge in [0.25, 0.3) is 5.91 Å². The maximum Gasteiger partial charge on any atom is 0.251 e. The monoisotopic (exact) mass is 392 g/mol. The molecule has 1 saturated heterocycles. The van der Waals surface area contributed by atoms with Gasteiger partial charge in [-0.05, 0) is 37.1 Å². The summed E-state index contributed by atoms with van der Waals surface area (Å²) in [5.74, 6) is -1.05. The van der Waals surface area contributed by atoms with Crippen molar-refractivity contribution in [1.29, 1.82) is 0 Å². The molecule has 142 valence electrons. The predicted molar refractivity (Wildman–Crippen MR) is 106 cm³/mol. The molecule has 1 aliphatic carbocycles. The second kappa shape index (κ2) is 6.78. The van der Waals surface area contributed by atoms with Crippen LogP contribution in [0.1, 0.15) is 25.7 Å². The van der Waals surface area contributed by atoms with E-state index in [9.17, 15) is 14.4 Å². The van der Waals surface area contributed by atoms with Crippen LogP contribution in [0, 0.1) is 11.8 Å². The van der Waals surface area contributed by atoms with Gasteiger partial charge in [-0.1, -0.05) is 48.9 Å². The Morgan fingerprint density at radius 3 is 1.89 bits per heavy atom. The zero-order chi connectivity index (χ0) is 19.3. The van der Waals surface area contributed by atoms with Crippen LogP contribution in [0.3, 0.4) is 0 Å². The van der Waals surface area contributed by atoms with Crippen molar-refractivity contribution in [1.82, 2.24) is 4.90 Å². The molecule has 0 bridgehead atoms. The number of rotatable bonds is 2. The fourth-order valence-corrected chi connectivity index (χ4v) is 5.62. The average Bonchev–Trinajstić information content (AvgIpc) is 2.97. The molecule has 0 spiro atoms. The van der Waals surface area contributed by atoms with Crippen LogP contribution < -0.4 is 4.90 Å². The third kappa shape index (κ3) is 2.66. The molecule has 1 saturated carbocycles. The summed E-state index contributed by atoms with van der Waals surface area (Å²) in [7, 11) is 0. The smallest absolute Gasteiger partial charge is 0.251 e. The van der Waals surface area contributed by atoms with Gasteiger partial charge in [-0.3, -0.25) is 24.2 Å². The summed E-state index contributed by atoms with van der Waals surface area (Å²) >= 11 is 1.62. The number of imide groups is 1. The van der Waals surface area contributed by atoms with E-state index < -0.39 is 0 Å². The third-order valence-electron chi connectivity index (χ3n) is 5.91.